The Morgan fingerprint density at radius 2 is 2.11 bits per heavy atom. The van der Waals surface area contributed by atoms with E-state index in [0.717, 1.165) is 23.6 Å². The van der Waals surface area contributed by atoms with Gasteiger partial charge in [0.05, 0.1) is 6.61 Å². The molecule has 0 saturated heterocycles. The van der Waals surface area contributed by atoms with Gasteiger partial charge >= 0.3 is 0 Å². The molecule has 1 heterocycles. The number of fused-ring (bicyclic) bond motifs is 1. The number of pyridine rings is 1. The van der Waals surface area contributed by atoms with Crippen LogP contribution in [0.4, 0.5) is 0 Å². The summed E-state index contributed by atoms with van der Waals surface area (Å²) in [5.74, 6) is -0.0756. The molecule has 0 radical (unpaired) electrons. The Kier molecular flexibility index (Phi) is 3.17. The van der Waals surface area contributed by atoms with Crippen molar-refractivity contribution < 1.29 is 9.90 Å². The Balaban J connectivity index is 2.00. The lowest BCUT2D eigenvalue weighted by atomic mass is 10.1. The summed E-state index contributed by atoms with van der Waals surface area (Å²) in [5, 5.41) is 11.0. The van der Waals surface area contributed by atoms with Crippen LogP contribution >= 0.6 is 0 Å². The molecular formula is C15H16N2O2. The minimum absolute atomic E-state index is 0.00694. The van der Waals surface area contributed by atoms with Gasteiger partial charge in [-0.25, -0.2) is 0 Å². The van der Waals surface area contributed by atoms with Crippen molar-refractivity contribution in [3.63, 3.8) is 0 Å². The number of hydrogen-bond donors (Lipinski definition) is 1. The Bertz CT molecular complexity index is 603. The zero-order valence-electron chi connectivity index (χ0n) is 10.6. The van der Waals surface area contributed by atoms with Gasteiger partial charge in [-0.3, -0.25) is 9.78 Å². The molecule has 1 aromatic carbocycles. The molecule has 0 atom stereocenters. The summed E-state index contributed by atoms with van der Waals surface area (Å²) in [7, 11) is 0. The van der Waals surface area contributed by atoms with Crippen LogP contribution in [0.15, 0.2) is 36.5 Å². The monoisotopic (exact) mass is 256 g/mol. The highest BCUT2D eigenvalue weighted by Gasteiger charge is 2.33. The summed E-state index contributed by atoms with van der Waals surface area (Å²) in [6, 6.07) is 9.93. The molecular weight excluding hydrogens is 240 g/mol. The molecule has 0 bridgehead atoms. The average Bonchev–Trinajstić information content (AvgIpc) is 3.28. The highest BCUT2D eigenvalue weighted by Crippen LogP contribution is 2.29. The van der Waals surface area contributed by atoms with Gasteiger partial charge in [0.15, 0.2) is 0 Å². The first kappa shape index (κ1) is 12.1. The predicted octanol–water partition coefficient (Wildman–Crippen LogP) is 1.83. The molecule has 1 saturated carbocycles. The van der Waals surface area contributed by atoms with Crippen molar-refractivity contribution in [3.05, 3.63) is 42.2 Å². The number of aliphatic hydroxyl groups excluding tert-OH is 1. The third kappa shape index (κ3) is 2.31. The number of carbonyl (C=O) groups is 1. The van der Waals surface area contributed by atoms with Gasteiger partial charge in [-0.1, -0.05) is 24.3 Å². The van der Waals surface area contributed by atoms with E-state index in [2.05, 4.69) is 4.98 Å². The van der Waals surface area contributed by atoms with Gasteiger partial charge in [0, 0.05) is 24.2 Å². The van der Waals surface area contributed by atoms with Crippen molar-refractivity contribution in [1.29, 1.82) is 0 Å². The third-order valence-corrected chi connectivity index (χ3v) is 3.47. The molecule has 1 amide bonds. The van der Waals surface area contributed by atoms with Crippen LogP contribution in [0.2, 0.25) is 0 Å². The maximum atomic E-state index is 12.6. The van der Waals surface area contributed by atoms with Gasteiger partial charge in [-0.05, 0) is 24.3 Å². The lowest BCUT2D eigenvalue weighted by molar-refractivity contribution is 0.0704. The molecule has 1 N–H and O–H groups in total. The van der Waals surface area contributed by atoms with E-state index >= 15 is 0 Å². The van der Waals surface area contributed by atoms with Gasteiger partial charge in [0.1, 0.15) is 5.69 Å². The fourth-order valence-corrected chi connectivity index (χ4v) is 2.37. The second-order valence-electron chi connectivity index (χ2n) is 4.83. The first-order chi connectivity index (χ1) is 9.31. The van der Waals surface area contributed by atoms with E-state index in [1.165, 1.54) is 0 Å². The molecule has 2 aromatic rings. The van der Waals surface area contributed by atoms with Crippen LogP contribution in [-0.2, 0) is 0 Å². The van der Waals surface area contributed by atoms with E-state index < -0.39 is 0 Å². The van der Waals surface area contributed by atoms with Crippen molar-refractivity contribution in [2.45, 2.75) is 18.9 Å². The Morgan fingerprint density at radius 3 is 2.84 bits per heavy atom. The quantitative estimate of drug-likeness (QED) is 0.908. The van der Waals surface area contributed by atoms with Crippen molar-refractivity contribution >= 4 is 16.7 Å². The number of aromatic nitrogens is 1. The first-order valence-corrected chi connectivity index (χ1v) is 6.57. The molecule has 0 aliphatic heterocycles. The summed E-state index contributed by atoms with van der Waals surface area (Å²) < 4.78 is 0. The minimum atomic E-state index is -0.0756. The lowest BCUT2D eigenvalue weighted by Gasteiger charge is -2.21. The molecule has 4 nitrogen and oxygen atoms in total. The molecule has 4 heteroatoms. The highest BCUT2D eigenvalue weighted by molar-refractivity contribution is 6.05. The summed E-state index contributed by atoms with van der Waals surface area (Å²) in [6.07, 6.45) is 3.71. The summed E-state index contributed by atoms with van der Waals surface area (Å²) in [5.41, 5.74) is 0.485. The number of hydrogen-bond acceptors (Lipinski definition) is 3. The van der Waals surface area contributed by atoms with Crippen LogP contribution in [0, 0.1) is 0 Å². The van der Waals surface area contributed by atoms with Gasteiger partial charge < -0.3 is 10.0 Å². The minimum Gasteiger partial charge on any atom is -0.395 e. The van der Waals surface area contributed by atoms with Crippen LogP contribution in [0.3, 0.4) is 0 Å². The fraction of sp³-hybridized carbons (Fsp3) is 0.333. The highest BCUT2D eigenvalue weighted by atomic mass is 16.3. The average molecular weight is 256 g/mol. The lowest BCUT2D eigenvalue weighted by Crippen LogP contribution is -2.36. The molecule has 98 valence electrons. The molecule has 19 heavy (non-hydrogen) atoms. The third-order valence-electron chi connectivity index (χ3n) is 3.47. The summed E-state index contributed by atoms with van der Waals surface area (Å²) in [4.78, 5) is 18.6. The van der Waals surface area contributed by atoms with Crippen LogP contribution in [0.5, 0.6) is 0 Å². The van der Waals surface area contributed by atoms with E-state index in [1.807, 2.05) is 30.3 Å². The number of amides is 1. The zero-order valence-corrected chi connectivity index (χ0v) is 10.6. The topological polar surface area (TPSA) is 53.4 Å². The van der Waals surface area contributed by atoms with Gasteiger partial charge in [-0.2, -0.15) is 0 Å². The maximum absolute atomic E-state index is 12.6. The van der Waals surface area contributed by atoms with E-state index in [9.17, 15) is 4.79 Å². The van der Waals surface area contributed by atoms with E-state index in [-0.39, 0.29) is 18.6 Å². The Morgan fingerprint density at radius 1 is 1.32 bits per heavy atom. The predicted molar refractivity (Wildman–Crippen MR) is 72.9 cm³/mol. The SMILES string of the molecule is O=C(c1nccc2ccccc12)N(CCO)C1CC1. The molecule has 3 rings (SSSR count). The van der Waals surface area contributed by atoms with Crippen LogP contribution in [-0.4, -0.2) is 40.1 Å². The van der Waals surface area contributed by atoms with E-state index in [1.54, 1.807) is 11.1 Å². The molecule has 0 unspecified atom stereocenters. The van der Waals surface area contributed by atoms with Crippen LogP contribution < -0.4 is 0 Å². The van der Waals surface area contributed by atoms with Gasteiger partial charge in [-0.15, -0.1) is 0 Å². The fourth-order valence-electron chi connectivity index (χ4n) is 2.37. The number of benzene rings is 1. The summed E-state index contributed by atoms with van der Waals surface area (Å²) in [6.45, 7) is 0.376. The summed E-state index contributed by atoms with van der Waals surface area (Å²) >= 11 is 0. The largest absolute Gasteiger partial charge is 0.395 e. The zero-order chi connectivity index (χ0) is 13.2. The van der Waals surface area contributed by atoms with Crippen molar-refractivity contribution in [2.75, 3.05) is 13.2 Å². The van der Waals surface area contributed by atoms with Crippen molar-refractivity contribution in [1.82, 2.24) is 9.88 Å². The molecule has 1 aliphatic carbocycles. The Hall–Kier alpha value is -1.94. The van der Waals surface area contributed by atoms with E-state index in [0.29, 0.717) is 12.2 Å². The number of nitrogens with zero attached hydrogens (tertiary/aromatic N) is 2. The van der Waals surface area contributed by atoms with Gasteiger partial charge in [0.25, 0.3) is 5.91 Å². The smallest absolute Gasteiger partial charge is 0.273 e. The first-order valence-electron chi connectivity index (χ1n) is 6.57. The van der Waals surface area contributed by atoms with Gasteiger partial charge in [0.2, 0.25) is 0 Å². The Labute approximate surface area is 111 Å². The number of aliphatic hydroxyl groups is 1. The van der Waals surface area contributed by atoms with Crippen molar-refractivity contribution in [3.8, 4) is 0 Å². The van der Waals surface area contributed by atoms with E-state index in [4.69, 9.17) is 5.11 Å². The van der Waals surface area contributed by atoms with Crippen LogP contribution in [0.1, 0.15) is 23.3 Å². The molecule has 1 fully saturated rings. The molecule has 1 aromatic heterocycles. The number of carbonyl (C=O) groups excluding carboxylic acids is 1. The maximum Gasteiger partial charge on any atom is 0.273 e. The second kappa shape index (κ2) is 4.97. The number of rotatable bonds is 4. The standard InChI is InChI=1S/C15H16N2O2/c18-10-9-17(12-5-6-12)15(19)14-13-4-2-1-3-11(13)7-8-16-14/h1-4,7-8,12,18H,5-6,9-10H2. The second-order valence-corrected chi connectivity index (χ2v) is 4.83. The molecule has 0 spiro atoms. The molecule has 1 aliphatic rings. The van der Waals surface area contributed by atoms with Crippen molar-refractivity contribution in [2.24, 2.45) is 0 Å². The normalized spacial score (nSPS) is 14.6. The van der Waals surface area contributed by atoms with Crippen LogP contribution in [0.25, 0.3) is 10.8 Å².